The molecule has 0 atom stereocenters. The summed E-state index contributed by atoms with van der Waals surface area (Å²) in [5.41, 5.74) is 3.19. The van der Waals surface area contributed by atoms with Crippen LogP contribution in [0, 0.1) is 6.92 Å². The maximum Gasteiger partial charge on any atom is 0.224 e. The monoisotopic (exact) mass is 380 g/mol. The van der Waals surface area contributed by atoms with Gasteiger partial charge >= 0.3 is 0 Å². The highest BCUT2D eigenvalue weighted by atomic mass is 79.9. The van der Waals surface area contributed by atoms with Crippen LogP contribution < -0.4 is 5.32 Å². The standard InChI is InChI=1S/C18H25BrN2O2/c1-3-4-9-23-10-5-8-20-18(22)12-15-13(2)21-17-7-6-14(19)11-16(15)17/h6-7,11,21H,3-5,8-10,12H2,1-2H3,(H,20,22). The predicted molar refractivity (Wildman–Crippen MR) is 97.8 cm³/mol. The molecule has 4 nitrogen and oxygen atoms in total. The highest BCUT2D eigenvalue weighted by Gasteiger charge is 2.12. The molecule has 23 heavy (non-hydrogen) atoms. The van der Waals surface area contributed by atoms with E-state index in [0.717, 1.165) is 52.5 Å². The lowest BCUT2D eigenvalue weighted by Gasteiger charge is -2.06. The molecule has 1 amide bonds. The third kappa shape index (κ3) is 5.36. The molecule has 0 fully saturated rings. The van der Waals surface area contributed by atoms with Gasteiger partial charge in [0.25, 0.3) is 0 Å². The first-order chi connectivity index (χ1) is 11.1. The van der Waals surface area contributed by atoms with E-state index < -0.39 is 0 Å². The van der Waals surface area contributed by atoms with Gasteiger partial charge in [-0.2, -0.15) is 0 Å². The van der Waals surface area contributed by atoms with Crippen LogP contribution in [0.2, 0.25) is 0 Å². The van der Waals surface area contributed by atoms with Gasteiger partial charge in [-0.25, -0.2) is 0 Å². The Morgan fingerprint density at radius 3 is 2.87 bits per heavy atom. The SMILES string of the molecule is CCCCOCCCNC(=O)Cc1c(C)[nH]c2ccc(Br)cc12. The Hall–Kier alpha value is -1.33. The van der Waals surface area contributed by atoms with Crippen LogP contribution in [0.3, 0.4) is 0 Å². The largest absolute Gasteiger partial charge is 0.381 e. The molecule has 0 saturated heterocycles. The fraction of sp³-hybridized carbons (Fsp3) is 0.500. The summed E-state index contributed by atoms with van der Waals surface area (Å²) in [6.45, 7) is 6.34. The number of halogens is 1. The van der Waals surface area contributed by atoms with Gasteiger partial charge in [-0.3, -0.25) is 4.79 Å². The summed E-state index contributed by atoms with van der Waals surface area (Å²) < 4.78 is 6.51. The number of amides is 1. The molecule has 5 heteroatoms. The molecule has 0 saturated carbocycles. The Morgan fingerprint density at radius 2 is 2.09 bits per heavy atom. The summed E-state index contributed by atoms with van der Waals surface area (Å²) in [7, 11) is 0. The zero-order chi connectivity index (χ0) is 16.7. The predicted octanol–water partition coefficient (Wildman–Crippen LogP) is 4.10. The van der Waals surface area contributed by atoms with Gasteiger partial charge in [-0.05, 0) is 43.5 Å². The average Bonchev–Trinajstić information content (AvgIpc) is 2.82. The van der Waals surface area contributed by atoms with Crippen LogP contribution in [0.25, 0.3) is 10.9 Å². The Balaban J connectivity index is 1.81. The highest BCUT2D eigenvalue weighted by Crippen LogP contribution is 2.25. The van der Waals surface area contributed by atoms with Gasteiger partial charge in [0, 0.05) is 40.8 Å². The van der Waals surface area contributed by atoms with Gasteiger partial charge in [0.2, 0.25) is 5.91 Å². The normalized spacial score (nSPS) is 11.1. The summed E-state index contributed by atoms with van der Waals surface area (Å²) >= 11 is 3.49. The zero-order valence-electron chi connectivity index (χ0n) is 13.9. The maximum atomic E-state index is 12.1. The number of nitrogens with one attached hydrogen (secondary N) is 2. The van der Waals surface area contributed by atoms with Crippen LogP contribution in [0.5, 0.6) is 0 Å². The number of rotatable bonds is 9. The molecular formula is C18H25BrN2O2. The lowest BCUT2D eigenvalue weighted by atomic mass is 10.1. The Bertz CT molecular complexity index is 652. The van der Waals surface area contributed by atoms with Gasteiger partial charge < -0.3 is 15.0 Å². The highest BCUT2D eigenvalue weighted by molar-refractivity contribution is 9.10. The fourth-order valence-electron chi connectivity index (χ4n) is 2.56. The molecule has 0 aliphatic carbocycles. The van der Waals surface area contributed by atoms with Gasteiger partial charge in [0.15, 0.2) is 0 Å². The van der Waals surface area contributed by atoms with Crippen LogP contribution in [0.1, 0.15) is 37.4 Å². The summed E-state index contributed by atoms with van der Waals surface area (Å²) in [4.78, 5) is 15.5. The number of fused-ring (bicyclic) bond motifs is 1. The second kappa shape index (κ2) is 9.08. The van der Waals surface area contributed by atoms with E-state index in [1.54, 1.807) is 0 Å². The molecular weight excluding hydrogens is 356 g/mol. The van der Waals surface area contributed by atoms with Crippen molar-refractivity contribution >= 4 is 32.7 Å². The van der Waals surface area contributed by atoms with Crippen molar-refractivity contribution in [1.29, 1.82) is 0 Å². The minimum Gasteiger partial charge on any atom is -0.381 e. The fourth-order valence-corrected chi connectivity index (χ4v) is 2.92. The van der Waals surface area contributed by atoms with Crippen molar-refractivity contribution in [2.24, 2.45) is 0 Å². The average molecular weight is 381 g/mol. The van der Waals surface area contributed by atoms with Crippen molar-refractivity contribution in [3.8, 4) is 0 Å². The Kier molecular flexibility index (Phi) is 7.12. The van der Waals surface area contributed by atoms with Gasteiger partial charge in [0.05, 0.1) is 6.42 Å². The van der Waals surface area contributed by atoms with E-state index in [9.17, 15) is 4.79 Å². The summed E-state index contributed by atoms with van der Waals surface area (Å²) in [6, 6.07) is 6.09. The molecule has 1 aromatic heterocycles. The van der Waals surface area contributed by atoms with Gasteiger partial charge in [0.1, 0.15) is 0 Å². The van der Waals surface area contributed by atoms with Crippen LogP contribution in [0.15, 0.2) is 22.7 Å². The van der Waals surface area contributed by atoms with E-state index in [0.29, 0.717) is 19.6 Å². The van der Waals surface area contributed by atoms with Gasteiger partial charge in [-0.1, -0.05) is 29.3 Å². The molecule has 0 unspecified atom stereocenters. The molecule has 0 aliphatic heterocycles. The molecule has 1 heterocycles. The quantitative estimate of drug-likeness (QED) is 0.643. The van der Waals surface area contributed by atoms with Crippen molar-refractivity contribution in [2.45, 2.75) is 39.5 Å². The number of ether oxygens (including phenoxy) is 1. The van der Waals surface area contributed by atoms with E-state index in [1.807, 2.05) is 19.1 Å². The lowest BCUT2D eigenvalue weighted by molar-refractivity contribution is -0.120. The van der Waals surface area contributed by atoms with Crippen molar-refractivity contribution in [3.63, 3.8) is 0 Å². The molecule has 0 spiro atoms. The third-order valence-electron chi connectivity index (χ3n) is 3.85. The first-order valence-electron chi connectivity index (χ1n) is 8.23. The Morgan fingerprint density at radius 1 is 1.30 bits per heavy atom. The van der Waals surface area contributed by atoms with Gasteiger partial charge in [-0.15, -0.1) is 0 Å². The van der Waals surface area contributed by atoms with Crippen LogP contribution in [-0.4, -0.2) is 30.6 Å². The maximum absolute atomic E-state index is 12.1. The number of hydrogen-bond acceptors (Lipinski definition) is 2. The first kappa shape index (κ1) is 18.0. The van der Waals surface area contributed by atoms with E-state index >= 15 is 0 Å². The smallest absolute Gasteiger partial charge is 0.224 e. The molecule has 0 radical (unpaired) electrons. The van der Waals surface area contributed by atoms with E-state index in [-0.39, 0.29) is 5.91 Å². The van der Waals surface area contributed by atoms with E-state index in [2.05, 4.69) is 39.2 Å². The number of hydrogen-bond donors (Lipinski definition) is 2. The minimum absolute atomic E-state index is 0.0579. The first-order valence-corrected chi connectivity index (χ1v) is 9.02. The molecule has 0 bridgehead atoms. The van der Waals surface area contributed by atoms with Crippen LogP contribution >= 0.6 is 15.9 Å². The van der Waals surface area contributed by atoms with Crippen molar-refractivity contribution in [1.82, 2.24) is 10.3 Å². The number of unbranched alkanes of at least 4 members (excludes halogenated alkanes) is 1. The molecule has 126 valence electrons. The van der Waals surface area contributed by atoms with Crippen molar-refractivity contribution < 1.29 is 9.53 Å². The summed E-state index contributed by atoms with van der Waals surface area (Å²) in [5.74, 6) is 0.0579. The molecule has 2 rings (SSSR count). The Labute approximate surface area is 146 Å². The number of carbonyl (C=O) groups is 1. The topological polar surface area (TPSA) is 54.1 Å². The number of aryl methyl sites for hydroxylation is 1. The third-order valence-corrected chi connectivity index (χ3v) is 4.34. The second-order valence-corrected chi connectivity index (χ2v) is 6.68. The number of H-pyrrole nitrogens is 1. The molecule has 2 aromatic rings. The number of benzene rings is 1. The van der Waals surface area contributed by atoms with E-state index in [1.165, 1.54) is 0 Å². The van der Waals surface area contributed by atoms with Crippen LogP contribution in [0.4, 0.5) is 0 Å². The molecule has 2 N–H and O–H groups in total. The molecule has 0 aliphatic rings. The number of aromatic amines is 1. The zero-order valence-corrected chi connectivity index (χ0v) is 15.5. The van der Waals surface area contributed by atoms with Crippen LogP contribution in [-0.2, 0) is 16.0 Å². The summed E-state index contributed by atoms with van der Waals surface area (Å²) in [5, 5.41) is 4.08. The number of carbonyl (C=O) groups excluding carboxylic acids is 1. The second-order valence-electron chi connectivity index (χ2n) is 5.76. The molecule has 1 aromatic carbocycles. The minimum atomic E-state index is 0.0579. The van der Waals surface area contributed by atoms with E-state index in [4.69, 9.17) is 4.74 Å². The summed E-state index contributed by atoms with van der Waals surface area (Å²) in [6.07, 6.45) is 3.51. The van der Waals surface area contributed by atoms with Crippen molar-refractivity contribution in [2.75, 3.05) is 19.8 Å². The number of aromatic nitrogens is 1. The lowest BCUT2D eigenvalue weighted by Crippen LogP contribution is -2.27. The van der Waals surface area contributed by atoms with Crippen molar-refractivity contribution in [3.05, 3.63) is 33.9 Å².